The predicted molar refractivity (Wildman–Crippen MR) is 102 cm³/mol. The van der Waals surface area contributed by atoms with Gasteiger partial charge in [-0.25, -0.2) is 0 Å². The second-order valence-electron chi connectivity index (χ2n) is 9.51. The van der Waals surface area contributed by atoms with Crippen LogP contribution in [-0.2, 0) is 19.1 Å². The number of ketones is 1. The fourth-order valence-corrected chi connectivity index (χ4v) is 6.08. The van der Waals surface area contributed by atoms with Crippen LogP contribution in [0.15, 0.2) is 12.7 Å². The van der Waals surface area contributed by atoms with Crippen LogP contribution in [0.5, 0.6) is 0 Å². The maximum absolute atomic E-state index is 13.7. The van der Waals surface area contributed by atoms with E-state index in [0.717, 1.165) is 32.0 Å². The van der Waals surface area contributed by atoms with Gasteiger partial charge in [0, 0.05) is 36.0 Å². The molecule has 1 unspecified atom stereocenters. The van der Waals surface area contributed by atoms with E-state index < -0.39 is 16.6 Å². The van der Waals surface area contributed by atoms with Gasteiger partial charge in [-0.1, -0.05) is 26.8 Å². The summed E-state index contributed by atoms with van der Waals surface area (Å²) < 4.78 is 12.3. The van der Waals surface area contributed by atoms with E-state index in [4.69, 9.17) is 9.47 Å². The summed E-state index contributed by atoms with van der Waals surface area (Å²) in [6.07, 6.45) is 6.78. The summed E-state index contributed by atoms with van der Waals surface area (Å²) >= 11 is 0. The van der Waals surface area contributed by atoms with Crippen molar-refractivity contribution < 1.29 is 24.2 Å². The van der Waals surface area contributed by atoms with E-state index in [-0.39, 0.29) is 36.1 Å². The summed E-state index contributed by atoms with van der Waals surface area (Å²) in [6.45, 7) is 10.8. The number of Topliss-reactive ketones (excluding diaryl/α,β-unsaturated/α-hetero) is 1. The van der Waals surface area contributed by atoms with Crippen molar-refractivity contribution >= 4 is 12.1 Å². The fraction of sp³-hybridized carbons (Fsp3) is 0.818. The summed E-state index contributed by atoms with van der Waals surface area (Å²) in [6, 6.07) is 0. The van der Waals surface area contributed by atoms with Crippen molar-refractivity contribution in [3.63, 3.8) is 0 Å². The molecule has 2 aliphatic carbocycles. The van der Waals surface area contributed by atoms with Crippen molar-refractivity contribution in [2.45, 2.75) is 65.1 Å². The van der Waals surface area contributed by atoms with Gasteiger partial charge in [0.05, 0.1) is 19.8 Å². The van der Waals surface area contributed by atoms with Crippen LogP contribution in [0.1, 0.15) is 59.3 Å². The summed E-state index contributed by atoms with van der Waals surface area (Å²) in [7, 11) is 0. The Balaban J connectivity index is 2.06. The Morgan fingerprint density at radius 3 is 2.52 bits per heavy atom. The van der Waals surface area contributed by atoms with Crippen LogP contribution < -0.4 is 0 Å². The van der Waals surface area contributed by atoms with Crippen molar-refractivity contribution in [2.75, 3.05) is 19.8 Å². The number of rotatable bonds is 7. The van der Waals surface area contributed by atoms with Crippen LogP contribution in [0.2, 0.25) is 0 Å². The van der Waals surface area contributed by atoms with Gasteiger partial charge in [-0.2, -0.15) is 0 Å². The standard InChI is InChI=1S/C22H34O5/c1-5-19(3,15-24)14-17(25)20(4)16(2)6-7-21(10-11-23)8-9-22(18(20)21)26-12-13-27-22/h5,11,16,18,24H,1,6-10,12-15H2,2-4H3/t16-,18?,19+,20+,21+/m1/s1. The molecular weight excluding hydrogens is 344 g/mol. The average molecular weight is 379 g/mol. The third-order valence-electron chi connectivity index (χ3n) is 8.01. The normalized spacial score (nSPS) is 39.7. The van der Waals surface area contributed by atoms with Crippen LogP contribution in [0.3, 0.4) is 0 Å². The maximum Gasteiger partial charge on any atom is 0.172 e. The Hall–Kier alpha value is -1.04. The number of hydrogen-bond acceptors (Lipinski definition) is 5. The molecule has 5 atom stereocenters. The zero-order chi connectivity index (χ0) is 19.9. The lowest BCUT2D eigenvalue weighted by molar-refractivity contribution is -0.239. The van der Waals surface area contributed by atoms with E-state index in [9.17, 15) is 14.7 Å². The second kappa shape index (κ2) is 7.09. The SMILES string of the molecule is C=C[C@](C)(CO)CC(=O)[C@@]1(C)C2C3(CC[C@]2(CC=O)CC[C@H]1C)OCCO3. The number of aliphatic hydroxyl groups is 1. The number of fused-ring (bicyclic) bond motifs is 2. The zero-order valence-corrected chi connectivity index (χ0v) is 17.0. The molecule has 1 aliphatic heterocycles. The molecule has 1 saturated heterocycles. The molecule has 0 aromatic carbocycles. The van der Waals surface area contributed by atoms with Gasteiger partial charge < -0.3 is 19.4 Å². The lowest BCUT2D eigenvalue weighted by atomic mass is 9.49. The van der Waals surface area contributed by atoms with Gasteiger partial charge in [-0.3, -0.25) is 4.79 Å². The highest BCUT2D eigenvalue weighted by molar-refractivity contribution is 5.86. The van der Waals surface area contributed by atoms with Gasteiger partial charge in [0.15, 0.2) is 5.79 Å². The largest absolute Gasteiger partial charge is 0.395 e. The third-order valence-corrected chi connectivity index (χ3v) is 8.01. The molecule has 1 heterocycles. The summed E-state index contributed by atoms with van der Waals surface area (Å²) in [4.78, 5) is 25.3. The molecule has 2 saturated carbocycles. The Bertz CT molecular complexity index is 610. The first-order chi connectivity index (χ1) is 12.7. The molecule has 1 spiro atoms. The number of carbonyl (C=O) groups excluding carboxylic acids is 2. The van der Waals surface area contributed by atoms with E-state index in [0.29, 0.717) is 19.6 Å². The minimum absolute atomic E-state index is 0.116. The number of aliphatic hydroxyl groups excluding tert-OH is 1. The van der Waals surface area contributed by atoms with E-state index in [1.807, 2.05) is 13.8 Å². The Morgan fingerprint density at radius 2 is 1.96 bits per heavy atom. The highest BCUT2D eigenvalue weighted by Crippen LogP contribution is 2.68. The molecule has 27 heavy (non-hydrogen) atoms. The van der Waals surface area contributed by atoms with Gasteiger partial charge >= 0.3 is 0 Å². The van der Waals surface area contributed by atoms with Crippen LogP contribution in [0, 0.1) is 28.1 Å². The summed E-state index contributed by atoms with van der Waals surface area (Å²) in [5.74, 6) is -0.627. The molecule has 3 rings (SSSR count). The first-order valence-electron chi connectivity index (χ1n) is 10.2. The Kier molecular flexibility index (Phi) is 5.43. The molecule has 5 heteroatoms. The summed E-state index contributed by atoms with van der Waals surface area (Å²) in [5.41, 5.74) is -1.55. The smallest absolute Gasteiger partial charge is 0.172 e. The molecule has 1 N–H and O–H groups in total. The minimum Gasteiger partial charge on any atom is -0.395 e. The Morgan fingerprint density at radius 1 is 1.30 bits per heavy atom. The van der Waals surface area contributed by atoms with Crippen LogP contribution in [-0.4, -0.2) is 42.8 Å². The lowest BCUT2D eigenvalue weighted by Gasteiger charge is -2.56. The maximum atomic E-state index is 13.7. The molecule has 3 fully saturated rings. The monoisotopic (exact) mass is 378 g/mol. The van der Waals surface area contributed by atoms with E-state index >= 15 is 0 Å². The van der Waals surface area contributed by atoms with Crippen LogP contribution >= 0.6 is 0 Å². The molecule has 0 bridgehead atoms. The molecule has 0 radical (unpaired) electrons. The number of carbonyl (C=O) groups is 2. The van der Waals surface area contributed by atoms with Crippen molar-refractivity contribution in [1.29, 1.82) is 0 Å². The molecular formula is C22H34O5. The van der Waals surface area contributed by atoms with Gasteiger partial charge in [0.2, 0.25) is 0 Å². The molecule has 0 aromatic rings. The third kappa shape index (κ3) is 3.02. The van der Waals surface area contributed by atoms with Crippen molar-refractivity contribution in [3.8, 4) is 0 Å². The van der Waals surface area contributed by atoms with Crippen LogP contribution in [0.4, 0.5) is 0 Å². The molecule has 0 aromatic heterocycles. The van der Waals surface area contributed by atoms with Crippen molar-refractivity contribution in [2.24, 2.45) is 28.1 Å². The summed E-state index contributed by atoms with van der Waals surface area (Å²) in [5, 5.41) is 9.79. The Labute approximate surface area is 162 Å². The highest BCUT2D eigenvalue weighted by Gasteiger charge is 2.70. The first-order valence-corrected chi connectivity index (χ1v) is 10.2. The van der Waals surface area contributed by atoms with Gasteiger partial charge in [0.1, 0.15) is 12.1 Å². The fourth-order valence-electron chi connectivity index (χ4n) is 6.08. The molecule has 152 valence electrons. The second-order valence-corrected chi connectivity index (χ2v) is 9.51. The number of hydrogen-bond donors (Lipinski definition) is 1. The topological polar surface area (TPSA) is 72.8 Å². The number of aldehydes is 1. The quantitative estimate of drug-likeness (QED) is 0.544. The van der Waals surface area contributed by atoms with E-state index in [1.165, 1.54) is 0 Å². The first kappa shape index (κ1) is 20.7. The van der Waals surface area contributed by atoms with Gasteiger partial charge in [-0.15, -0.1) is 6.58 Å². The number of ether oxygens (including phenoxy) is 2. The van der Waals surface area contributed by atoms with Gasteiger partial charge in [-0.05, 0) is 30.6 Å². The molecule has 5 nitrogen and oxygen atoms in total. The van der Waals surface area contributed by atoms with Crippen LogP contribution in [0.25, 0.3) is 0 Å². The van der Waals surface area contributed by atoms with Gasteiger partial charge in [0.25, 0.3) is 0 Å². The van der Waals surface area contributed by atoms with E-state index in [2.05, 4.69) is 13.5 Å². The lowest BCUT2D eigenvalue weighted by Crippen LogP contribution is -2.59. The molecule has 0 amide bonds. The minimum atomic E-state index is -0.758. The van der Waals surface area contributed by atoms with Crippen molar-refractivity contribution in [1.82, 2.24) is 0 Å². The van der Waals surface area contributed by atoms with Crippen molar-refractivity contribution in [3.05, 3.63) is 12.7 Å². The average Bonchev–Trinajstić information content (AvgIpc) is 3.25. The molecule has 3 aliphatic rings. The van der Waals surface area contributed by atoms with E-state index in [1.54, 1.807) is 6.08 Å². The highest BCUT2D eigenvalue weighted by atomic mass is 16.7. The predicted octanol–water partition coefficient (Wildman–Crippen LogP) is 3.29. The zero-order valence-electron chi connectivity index (χ0n) is 17.0.